The van der Waals surface area contributed by atoms with Crippen LogP contribution >= 0.6 is 11.8 Å². The van der Waals surface area contributed by atoms with Crippen LogP contribution < -0.4 is 5.32 Å². The third kappa shape index (κ3) is 3.68. The first-order valence-corrected chi connectivity index (χ1v) is 7.68. The van der Waals surface area contributed by atoms with Crippen molar-refractivity contribution in [1.29, 1.82) is 0 Å². The van der Waals surface area contributed by atoms with Crippen molar-refractivity contribution in [2.45, 2.75) is 31.4 Å². The van der Waals surface area contributed by atoms with Gasteiger partial charge in [-0.25, -0.2) is 8.78 Å². The van der Waals surface area contributed by atoms with E-state index in [-0.39, 0.29) is 6.04 Å². The van der Waals surface area contributed by atoms with Crippen LogP contribution in [-0.4, -0.2) is 28.8 Å². The zero-order chi connectivity index (χ0) is 13.9. The fourth-order valence-electron chi connectivity index (χ4n) is 2.30. The molecule has 0 spiro atoms. The van der Waals surface area contributed by atoms with Gasteiger partial charge in [0.05, 0.1) is 5.60 Å². The van der Waals surface area contributed by atoms with Crippen LogP contribution in [0.1, 0.15) is 31.4 Å². The molecular formula is C14H19F2NOS. The molecule has 2 N–H and O–H groups in total. The second kappa shape index (κ2) is 6.20. The van der Waals surface area contributed by atoms with E-state index >= 15 is 0 Å². The number of hydrogen-bond acceptors (Lipinski definition) is 3. The third-order valence-corrected chi connectivity index (χ3v) is 4.74. The molecule has 1 aromatic carbocycles. The van der Waals surface area contributed by atoms with E-state index in [4.69, 9.17) is 0 Å². The first-order valence-electron chi connectivity index (χ1n) is 6.52. The molecule has 1 heterocycles. The largest absolute Gasteiger partial charge is 0.388 e. The van der Waals surface area contributed by atoms with Gasteiger partial charge in [-0.2, -0.15) is 11.8 Å². The summed E-state index contributed by atoms with van der Waals surface area (Å²) in [6.45, 7) is 2.32. The Kier molecular flexibility index (Phi) is 4.81. The maximum Gasteiger partial charge on any atom is 0.128 e. The molecule has 0 aliphatic carbocycles. The molecule has 0 radical (unpaired) electrons. The molecule has 1 aliphatic rings. The topological polar surface area (TPSA) is 32.3 Å². The van der Waals surface area contributed by atoms with Gasteiger partial charge < -0.3 is 10.4 Å². The molecule has 0 amide bonds. The average molecular weight is 287 g/mol. The summed E-state index contributed by atoms with van der Waals surface area (Å²) in [5.74, 6) is 0.797. The predicted molar refractivity (Wildman–Crippen MR) is 74.3 cm³/mol. The standard InChI is InChI=1S/C14H19F2NOS/c1-2-13(11-7-10(15)3-4-12(11)16)17-8-14(18)5-6-19-9-14/h3-4,7,13,17-18H,2,5-6,8-9H2,1H3. The zero-order valence-corrected chi connectivity index (χ0v) is 11.8. The van der Waals surface area contributed by atoms with Crippen molar-refractivity contribution < 1.29 is 13.9 Å². The van der Waals surface area contributed by atoms with Gasteiger partial charge in [-0.05, 0) is 36.8 Å². The van der Waals surface area contributed by atoms with Gasteiger partial charge in [0, 0.05) is 23.9 Å². The molecule has 2 atom stereocenters. The first-order chi connectivity index (χ1) is 9.04. The van der Waals surface area contributed by atoms with Gasteiger partial charge in [0.1, 0.15) is 11.6 Å². The molecule has 1 saturated heterocycles. The second-order valence-electron chi connectivity index (χ2n) is 5.03. The summed E-state index contributed by atoms with van der Waals surface area (Å²) in [4.78, 5) is 0. The Morgan fingerprint density at radius 2 is 2.26 bits per heavy atom. The lowest BCUT2D eigenvalue weighted by atomic mass is 10.00. The van der Waals surface area contributed by atoms with Crippen molar-refractivity contribution >= 4 is 11.8 Å². The molecule has 2 nitrogen and oxygen atoms in total. The lowest BCUT2D eigenvalue weighted by molar-refractivity contribution is 0.0642. The van der Waals surface area contributed by atoms with E-state index < -0.39 is 17.2 Å². The minimum atomic E-state index is -0.720. The van der Waals surface area contributed by atoms with Gasteiger partial charge in [-0.1, -0.05) is 6.92 Å². The Hall–Kier alpha value is -0.650. The zero-order valence-electron chi connectivity index (χ0n) is 11.0. The Morgan fingerprint density at radius 1 is 1.47 bits per heavy atom. The van der Waals surface area contributed by atoms with E-state index in [0.717, 1.165) is 24.3 Å². The van der Waals surface area contributed by atoms with E-state index in [0.29, 0.717) is 24.3 Å². The van der Waals surface area contributed by atoms with E-state index in [1.165, 1.54) is 6.07 Å². The maximum absolute atomic E-state index is 13.7. The molecule has 2 unspecified atom stereocenters. The van der Waals surface area contributed by atoms with Crippen molar-refractivity contribution in [3.63, 3.8) is 0 Å². The van der Waals surface area contributed by atoms with E-state index in [2.05, 4.69) is 5.32 Å². The van der Waals surface area contributed by atoms with Crippen LogP contribution in [0.25, 0.3) is 0 Å². The van der Waals surface area contributed by atoms with Gasteiger partial charge in [0.15, 0.2) is 0 Å². The normalized spacial score (nSPS) is 24.6. The monoisotopic (exact) mass is 287 g/mol. The Labute approximate surface area is 116 Å². The summed E-state index contributed by atoms with van der Waals surface area (Å²) in [6, 6.07) is 3.22. The van der Waals surface area contributed by atoms with E-state index in [1.807, 2.05) is 6.92 Å². The van der Waals surface area contributed by atoms with Crippen LogP contribution in [-0.2, 0) is 0 Å². The van der Waals surface area contributed by atoms with E-state index in [1.54, 1.807) is 11.8 Å². The number of rotatable bonds is 5. The molecule has 5 heteroatoms. The number of benzene rings is 1. The predicted octanol–water partition coefficient (Wildman–Crippen LogP) is 2.87. The van der Waals surface area contributed by atoms with E-state index in [9.17, 15) is 13.9 Å². The molecule has 0 aromatic heterocycles. The highest BCUT2D eigenvalue weighted by Crippen LogP contribution is 2.28. The molecular weight excluding hydrogens is 268 g/mol. The summed E-state index contributed by atoms with van der Waals surface area (Å²) in [7, 11) is 0. The van der Waals surface area contributed by atoms with Gasteiger partial charge in [0.2, 0.25) is 0 Å². The number of hydrogen-bond donors (Lipinski definition) is 2. The van der Waals surface area contributed by atoms with Gasteiger partial charge in [-0.15, -0.1) is 0 Å². The smallest absolute Gasteiger partial charge is 0.128 e. The average Bonchev–Trinajstić information content (AvgIpc) is 2.81. The molecule has 1 aliphatic heterocycles. The highest BCUT2D eigenvalue weighted by Gasteiger charge is 2.32. The highest BCUT2D eigenvalue weighted by molar-refractivity contribution is 7.99. The summed E-state index contributed by atoms with van der Waals surface area (Å²) >= 11 is 1.72. The SMILES string of the molecule is CCC(NCC1(O)CCSC1)c1cc(F)ccc1F. The van der Waals surface area contributed by atoms with Crippen molar-refractivity contribution in [3.8, 4) is 0 Å². The summed E-state index contributed by atoms with van der Waals surface area (Å²) in [5, 5.41) is 13.4. The summed E-state index contributed by atoms with van der Waals surface area (Å²) in [6.07, 6.45) is 1.39. The van der Waals surface area contributed by atoms with Crippen molar-refractivity contribution in [2.24, 2.45) is 0 Å². The third-order valence-electron chi connectivity index (χ3n) is 3.50. The van der Waals surface area contributed by atoms with Crippen LogP contribution in [0.15, 0.2) is 18.2 Å². The number of thioether (sulfide) groups is 1. The van der Waals surface area contributed by atoms with Gasteiger partial charge in [0.25, 0.3) is 0 Å². The minimum Gasteiger partial charge on any atom is -0.388 e. The van der Waals surface area contributed by atoms with Crippen LogP contribution in [0, 0.1) is 11.6 Å². The lowest BCUT2D eigenvalue weighted by Gasteiger charge is -2.26. The summed E-state index contributed by atoms with van der Waals surface area (Å²) < 4.78 is 26.9. The Bertz CT molecular complexity index is 435. The quantitative estimate of drug-likeness (QED) is 0.873. The van der Waals surface area contributed by atoms with Crippen LogP contribution in [0.2, 0.25) is 0 Å². The fourth-order valence-corrected chi connectivity index (χ4v) is 3.60. The number of aliphatic hydroxyl groups is 1. The molecule has 106 valence electrons. The van der Waals surface area contributed by atoms with Crippen LogP contribution in [0.5, 0.6) is 0 Å². The Morgan fingerprint density at radius 3 is 2.89 bits per heavy atom. The molecule has 0 bridgehead atoms. The number of halogens is 2. The van der Waals surface area contributed by atoms with Crippen LogP contribution in [0.4, 0.5) is 8.78 Å². The molecule has 1 fully saturated rings. The number of nitrogens with one attached hydrogen (secondary N) is 1. The first kappa shape index (κ1) is 14.8. The molecule has 0 saturated carbocycles. The molecule has 2 rings (SSSR count). The van der Waals surface area contributed by atoms with Gasteiger partial charge >= 0.3 is 0 Å². The van der Waals surface area contributed by atoms with Gasteiger partial charge in [-0.3, -0.25) is 0 Å². The van der Waals surface area contributed by atoms with Crippen LogP contribution in [0.3, 0.4) is 0 Å². The lowest BCUT2D eigenvalue weighted by Crippen LogP contribution is -2.42. The van der Waals surface area contributed by atoms with Crippen molar-refractivity contribution in [1.82, 2.24) is 5.32 Å². The molecule has 1 aromatic rings. The fraction of sp³-hybridized carbons (Fsp3) is 0.571. The highest BCUT2D eigenvalue weighted by atomic mass is 32.2. The maximum atomic E-state index is 13.7. The molecule has 19 heavy (non-hydrogen) atoms. The minimum absolute atomic E-state index is 0.273. The van der Waals surface area contributed by atoms with Crippen molar-refractivity contribution in [2.75, 3.05) is 18.1 Å². The second-order valence-corrected chi connectivity index (χ2v) is 6.14. The Balaban J connectivity index is 2.05. The van der Waals surface area contributed by atoms with Crippen molar-refractivity contribution in [3.05, 3.63) is 35.4 Å². The summed E-state index contributed by atoms with van der Waals surface area (Å²) in [5.41, 5.74) is -0.390.